The van der Waals surface area contributed by atoms with Crippen molar-refractivity contribution >= 4 is 5.91 Å². The number of nitrogens with zero attached hydrogens (tertiary/aromatic N) is 1. The number of carbonyl (C=O) groups excluding carboxylic acids is 1. The van der Waals surface area contributed by atoms with Crippen molar-refractivity contribution < 1.29 is 4.79 Å². The Morgan fingerprint density at radius 2 is 2.05 bits per heavy atom. The molecule has 0 aromatic heterocycles. The Balaban J connectivity index is 1.57. The molecule has 3 aliphatic rings. The lowest BCUT2D eigenvalue weighted by atomic mass is 9.93. The molecule has 1 saturated carbocycles. The first-order valence-electron chi connectivity index (χ1n) is 8.81. The number of carbonyl (C=O) groups is 1. The molecule has 1 amide bonds. The van der Waals surface area contributed by atoms with Crippen LogP contribution in [-0.4, -0.2) is 36.5 Å². The maximum atomic E-state index is 12.8. The van der Waals surface area contributed by atoms with Crippen LogP contribution in [0.1, 0.15) is 58.3 Å². The zero-order valence-electron chi connectivity index (χ0n) is 12.9. The van der Waals surface area contributed by atoms with Gasteiger partial charge in [-0.1, -0.05) is 26.2 Å². The predicted molar refractivity (Wildman–Crippen MR) is 81.5 cm³/mol. The Hall–Kier alpha value is -0.570. The SMILES string of the molecule is CCCC1CCCN(C(=O)C2NCC3CCCC32)CC1. The molecule has 0 bridgehead atoms. The van der Waals surface area contributed by atoms with E-state index in [0.717, 1.165) is 31.5 Å². The Bertz CT molecular complexity index is 344. The third kappa shape index (κ3) is 2.88. The summed E-state index contributed by atoms with van der Waals surface area (Å²) in [6.07, 6.45) is 10.3. The van der Waals surface area contributed by atoms with Gasteiger partial charge in [0, 0.05) is 13.1 Å². The van der Waals surface area contributed by atoms with Crippen LogP contribution in [-0.2, 0) is 4.79 Å². The summed E-state index contributed by atoms with van der Waals surface area (Å²) in [4.78, 5) is 15.0. The molecule has 2 heterocycles. The summed E-state index contributed by atoms with van der Waals surface area (Å²) in [6.45, 7) is 5.34. The van der Waals surface area contributed by atoms with E-state index >= 15 is 0 Å². The summed E-state index contributed by atoms with van der Waals surface area (Å²) in [5.41, 5.74) is 0. The van der Waals surface area contributed by atoms with Gasteiger partial charge in [-0.05, 0) is 56.4 Å². The summed E-state index contributed by atoms with van der Waals surface area (Å²) >= 11 is 0. The lowest BCUT2D eigenvalue weighted by molar-refractivity contribution is -0.134. The number of hydrogen-bond donors (Lipinski definition) is 1. The molecule has 0 radical (unpaired) electrons. The summed E-state index contributed by atoms with van der Waals surface area (Å²) < 4.78 is 0. The zero-order valence-corrected chi connectivity index (χ0v) is 12.9. The molecule has 2 aliphatic heterocycles. The lowest BCUT2D eigenvalue weighted by Crippen LogP contribution is -2.46. The van der Waals surface area contributed by atoms with Gasteiger partial charge in [0.1, 0.15) is 0 Å². The van der Waals surface area contributed by atoms with Gasteiger partial charge >= 0.3 is 0 Å². The van der Waals surface area contributed by atoms with E-state index in [1.807, 2.05) is 0 Å². The zero-order chi connectivity index (χ0) is 13.9. The van der Waals surface area contributed by atoms with Gasteiger partial charge in [0.05, 0.1) is 6.04 Å². The van der Waals surface area contributed by atoms with Crippen LogP contribution in [0.5, 0.6) is 0 Å². The molecule has 1 aliphatic carbocycles. The molecule has 1 N–H and O–H groups in total. The normalized spacial score (nSPS) is 37.8. The number of amides is 1. The third-order valence-corrected chi connectivity index (χ3v) is 5.87. The van der Waals surface area contributed by atoms with Gasteiger partial charge in [-0.15, -0.1) is 0 Å². The van der Waals surface area contributed by atoms with Gasteiger partial charge in [-0.3, -0.25) is 4.79 Å². The van der Waals surface area contributed by atoms with Crippen LogP contribution >= 0.6 is 0 Å². The molecule has 0 aromatic rings. The van der Waals surface area contributed by atoms with Crippen molar-refractivity contribution in [1.82, 2.24) is 10.2 Å². The van der Waals surface area contributed by atoms with Crippen LogP contribution in [0.25, 0.3) is 0 Å². The second kappa shape index (κ2) is 6.46. The number of hydrogen-bond acceptors (Lipinski definition) is 2. The number of nitrogens with one attached hydrogen (secondary N) is 1. The van der Waals surface area contributed by atoms with Gasteiger partial charge in [0.25, 0.3) is 0 Å². The first-order valence-corrected chi connectivity index (χ1v) is 8.81. The summed E-state index contributed by atoms with van der Waals surface area (Å²) in [5.74, 6) is 2.69. The van der Waals surface area contributed by atoms with Crippen LogP contribution in [0.4, 0.5) is 0 Å². The minimum absolute atomic E-state index is 0.144. The van der Waals surface area contributed by atoms with E-state index in [-0.39, 0.29) is 6.04 Å². The van der Waals surface area contributed by atoms with E-state index in [0.29, 0.717) is 11.8 Å². The van der Waals surface area contributed by atoms with Crippen molar-refractivity contribution in [1.29, 1.82) is 0 Å². The van der Waals surface area contributed by atoms with E-state index in [1.165, 1.54) is 51.4 Å². The van der Waals surface area contributed by atoms with Crippen LogP contribution in [0, 0.1) is 17.8 Å². The average Bonchev–Trinajstić information content (AvgIpc) is 2.97. The fraction of sp³-hybridized carbons (Fsp3) is 0.941. The molecule has 4 atom stereocenters. The number of rotatable bonds is 3. The predicted octanol–water partition coefficient (Wildman–Crippen LogP) is 2.80. The van der Waals surface area contributed by atoms with Crippen LogP contribution in [0.2, 0.25) is 0 Å². The molecule has 20 heavy (non-hydrogen) atoms. The molecule has 0 aromatic carbocycles. The Morgan fingerprint density at radius 3 is 2.90 bits per heavy atom. The fourth-order valence-corrected chi connectivity index (χ4v) is 4.74. The Kier molecular flexibility index (Phi) is 4.65. The van der Waals surface area contributed by atoms with Crippen molar-refractivity contribution in [2.45, 2.75) is 64.3 Å². The van der Waals surface area contributed by atoms with Gasteiger partial charge in [0.15, 0.2) is 0 Å². The van der Waals surface area contributed by atoms with Crippen molar-refractivity contribution in [2.24, 2.45) is 17.8 Å². The standard InChI is InChI=1S/C17H30N2O/c1-2-5-13-6-4-10-19(11-9-13)17(20)16-15-8-3-7-14(15)12-18-16/h13-16,18H,2-12H2,1H3. The topological polar surface area (TPSA) is 32.3 Å². The highest BCUT2D eigenvalue weighted by Gasteiger charge is 2.43. The number of fused-ring (bicyclic) bond motifs is 1. The Morgan fingerprint density at radius 1 is 1.15 bits per heavy atom. The second-order valence-electron chi connectivity index (χ2n) is 7.15. The smallest absolute Gasteiger partial charge is 0.240 e. The maximum Gasteiger partial charge on any atom is 0.240 e. The van der Waals surface area contributed by atoms with E-state index in [2.05, 4.69) is 17.1 Å². The molecule has 3 nitrogen and oxygen atoms in total. The minimum atomic E-state index is 0.144. The van der Waals surface area contributed by atoms with Gasteiger partial charge in [0.2, 0.25) is 5.91 Å². The lowest BCUT2D eigenvalue weighted by Gasteiger charge is -2.27. The van der Waals surface area contributed by atoms with Crippen molar-refractivity contribution in [3.8, 4) is 0 Å². The van der Waals surface area contributed by atoms with Crippen molar-refractivity contribution in [3.63, 3.8) is 0 Å². The molecule has 0 spiro atoms. The average molecular weight is 278 g/mol. The molecular formula is C17H30N2O. The van der Waals surface area contributed by atoms with E-state index < -0.39 is 0 Å². The van der Waals surface area contributed by atoms with Gasteiger partial charge < -0.3 is 10.2 Å². The number of likely N-dealkylation sites (tertiary alicyclic amines) is 1. The highest BCUT2D eigenvalue weighted by molar-refractivity contribution is 5.82. The molecule has 114 valence electrons. The molecule has 3 fully saturated rings. The quantitative estimate of drug-likeness (QED) is 0.861. The largest absolute Gasteiger partial charge is 0.341 e. The van der Waals surface area contributed by atoms with E-state index in [4.69, 9.17) is 0 Å². The van der Waals surface area contributed by atoms with Gasteiger partial charge in [-0.2, -0.15) is 0 Å². The fourth-order valence-electron chi connectivity index (χ4n) is 4.74. The second-order valence-corrected chi connectivity index (χ2v) is 7.15. The van der Waals surface area contributed by atoms with E-state index in [1.54, 1.807) is 0 Å². The molecule has 3 heteroatoms. The van der Waals surface area contributed by atoms with Crippen molar-refractivity contribution in [3.05, 3.63) is 0 Å². The summed E-state index contributed by atoms with van der Waals surface area (Å²) in [6, 6.07) is 0.144. The summed E-state index contributed by atoms with van der Waals surface area (Å²) in [7, 11) is 0. The first kappa shape index (κ1) is 14.4. The molecular weight excluding hydrogens is 248 g/mol. The van der Waals surface area contributed by atoms with Crippen LogP contribution in [0.3, 0.4) is 0 Å². The van der Waals surface area contributed by atoms with Crippen LogP contribution < -0.4 is 5.32 Å². The summed E-state index contributed by atoms with van der Waals surface area (Å²) in [5, 5.41) is 3.52. The molecule has 2 saturated heterocycles. The highest BCUT2D eigenvalue weighted by atomic mass is 16.2. The van der Waals surface area contributed by atoms with E-state index in [9.17, 15) is 4.79 Å². The van der Waals surface area contributed by atoms with Crippen molar-refractivity contribution in [2.75, 3.05) is 19.6 Å². The molecule has 4 unspecified atom stereocenters. The first-order chi connectivity index (χ1) is 9.79. The third-order valence-electron chi connectivity index (χ3n) is 5.87. The Labute approximate surface area is 123 Å². The minimum Gasteiger partial charge on any atom is -0.341 e. The van der Waals surface area contributed by atoms with Crippen LogP contribution in [0.15, 0.2) is 0 Å². The molecule has 3 rings (SSSR count). The highest BCUT2D eigenvalue weighted by Crippen LogP contribution is 2.38. The van der Waals surface area contributed by atoms with Gasteiger partial charge in [-0.25, -0.2) is 0 Å². The maximum absolute atomic E-state index is 12.8. The monoisotopic (exact) mass is 278 g/mol.